The second-order valence-electron chi connectivity index (χ2n) is 5.94. The molecule has 0 radical (unpaired) electrons. The average molecular weight is 238 g/mol. The molecule has 0 aromatic carbocycles. The van der Waals surface area contributed by atoms with Crippen molar-refractivity contribution >= 4 is 0 Å². The zero-order chi connectivity index (χ0) is 11.5. The molecule has 1 aliphatic carbocycles. The van der Waals surface area contributed by atoms with Crippen LogP contribution in [-0.4, -0.2) is 50.3 Å². The molecule has 0 aromatic rings. The van der Waals surface area contributed by atoms with Crippen molar-refractivity contribution in [2.75, 3.05) is 39.4 Å². The molecule has 3 aliphatic rings. The number of nitrogens with zero attached hydrogens (tertiary/aromatic N) is 1. The maximum absolute atomic E-state index is 5.75. The highest BCUT2D eigenvalue weighted by molar-refractivity contribution is 4.90. The van der Waals surface area contributed by atoms with Gasteiger partial charge in [0.25, 0.3) is 0 Å². The summed E-state index contributed by atoms with van der Waals surface area (Å²) in [6.07, 6.45) is 7.28. The monoisotopic (exact) mass is 238 g/mol. The van der Waals surface area contributed by atoms with Crippen LogP contribution in [0.15, 0.2) is 0 Å². The summed E-state index contributed by atoms with van der Waals surface area (Å²) in [6, 6.07) is 0.696. The molecule has 3 fully saturated rings. The second-order valence-corrected chi connectivity index (χ2v) is 5.94. The van der Waals surface area contributed by atoms with Crippen LogP contribution in [0.4, 0.5) is 0 Å². The van der Waals surface area contributed by atoms with E-state index in [2.05, 4.69) is 10.2 Å². The summed E-state index contributed by atoms with van der Waals surface area (Å²) in [5, 5.41) is 3.65. The van der Waals surface area contributed by atoms with Crippen LogP contribution in [0.25, 0.3) is 0 Å². The van der Waals surface area contributed by atoms with Gasteiger partial charge < -0.3 is 10.1 Å². The molecule has 2 unspecified atom stereocenters. The quantitative estimate of drug-likeness (QED) is 0.749. The zero-order valence-corrected chi connectivity index (χ0v) is 10.9. The minimum absolute atomic E-state index is 0.696. The molecule has 2 aliphatic heterocycles. The fourth-order valence-electron chi connectivity index (χ4n) is 4.00. The number of morpholine rings is 1. The van der Waals surface area contributed by atoms with Gasteiger partial charge in [-0.2, -0.15) is 0 Å². The van der Waals surface area contributed by atoms with Gasteiger partial charge in [-0.3, -0.25) is 4.90 Å². The van der Waals surface area contributed by atoms with Crippen molar-refractivity contribution in [2.45, 2.75) is 38.1 Å². The van der Waals surface area contributed by atoms with Crippen LogP contribution < -0.4 is 5.32 Å². The van der Waals surface area contributed by atoms with Gasteiger partial charge in [-0.05, 0) is 18.4 Å². The Hall–Kier alpha value is -0.120. The van der Waals surface area contributed by atoms with E-state index in [9.17, 15) is 0 Å². The van der Waals surface area contributed by atoms with E-state index in [1.54, 1.807) is 0 Å². The van der Waals surface area contributed by atoms with Gasteiger partial charge in [-0.15, -0.1) is 0 Å². The van der Waals surface area contributed by atoms with Gasteiger partial charge in [0.05, 0.1) is 13.2 Å². The maximum atomic E-state index is 5.75. The first-order valence-electron chi connectivity index (χ1n) is 7.47. The van der Waals surface area contributed by atoms with Crippen molar-refractivity contribution in [3.63, 3.8) is 0 Å². The third-order valence-corrected chi connectivity index (χ3v) is 4.99. The molecule has 2 heterocycles. The van der Waals surface area contributed by atoms with Gasteiger partial charge in [-0.1, -0.05) is 32.1 Å². The average Bonchev–Trinajstić information content (AvgIpc) is 2.62. The molecule has 98 valence electrons. The Morgan fingerprint density at radius 3 is 2.82 bits per heavy atom. The van der Waals surface area contributed by atoms with Gasteiger partial charge in [-0.25, -0.2) is 0 Å². The lowest BCUT2D eigenvalue weighted by molar-refractivity contribution is -0.0353. The lowest BCUT2D eigenvalue weighted by Crippen LogP contribution is -2.51. The van der Waals surface area contributed by atoms with Gasteiger partial charge in [0.15, 0.2) is 0 Å². The smallest absolute Gasteiger partial charge is 0.0625 e. The van der Waals surface area contributed by atoms with Crippen LogP contribution >= 0.6 is 0 Å². The van der Waals surface area contributed by atoms with Gasteiger partial charge in [0, 0.05) is 25.7 Å². The predicted molar refractivity (Wildman–Crippen MR) is 69.1 cm³/mol. The molecule has 0 spiro atoms. The number of rotatable bonds is 1. The summed E-state index contributed by atoms with van der Waals surface area (Å²) in [5.41, 5.74) is 0. The molecule has 0 amide bonds. The maximum Gasteiger partial charge on any atom is 0.0625 e. The SMILES string of the molecule is C1CCC(C2CNCCN3CCOCC23)CC1. The van der Waals surface area contributed by atoms with E-state index in [-0.39, 0.29) is 0 Å². The Balaban J connectivity index is 1.70. The Labute approximate surface area is 105 Å². The number of nitrogens with one attached hydrogen (secondary N) is 1. The van der Waals surface area contributed by atoms with Crippen LogP contribution in [0.1, 0.15) is 32.1 Å². The molecule has 0 aromatic heterocycles. The van der Waals surface area contributed by atoms with E-state index >= 15 is 0 Å². The molecule has 17 heavy (non-hydrogen) atoms. The Morgan fingerprint density at radius 1 is 1.06 bits per heavy atom. The van der Waals surface area contributed by atoms with Crippen molar-refractivity contribution in [3.8, 4) is 0 Å². The summed E-state index contributed by atoms with van der Waals surface area (Å²) in [7, 11) is 0. The molecule has 1 N–H and O–H groups in total. The fourth-order valence-corrected chi connectivity index (χ4v) is 4.00. The molecule has 0 bridgehead atoms. The molecular formula is C14H26N2O. The topological polar surface area (TPSA) is 24.5 Å². The Kier molecular flexibility index (Phi) is 3.99. The summed E-state index contributed by atoms with van der Waals surface area (Å²) in [6.45, 7) is 6.67. The minimum Gasteiger partial charge on any atom is -0.378 e. The van der Waals surface area contributed by atoms with E-state index in [1.807, 2.05) is 0 Å². The van der Waals surface area contributed by atoms with E-state index < -0.39 is 0 Å². The third kappa shape index (κ3) is 2.67. The van der Waals surface area contributed by atoms with Crippen LogP contribution in [-0.2, 0) is 4.74 Å². The van der Waals surface area contributed by atoms with Crippen molar-refractivity contribution in [3.05, 3.63) is 0 Å². The van der Waals surface area contributed by atoms with Crippen LogP contribution in [0.3, 0.4) is 0 Å². The summed E-state index contributed by atoms with van der Waals surface area (Å²) in [4.78, 5) is 2.68. The van der Waals surface area contributed by atoms with Crippen molar-refractivity contribution in [2.24, 2.45) is 11.8 Å². The highest BCUT2D eigenvalue weighted by atomic mass is 16.5. The summed E-state index contributed by atoms with van der Waals surface area (Å²) >= 11 is 0. The summed E-state index contributed by atoms with van der Waals surface area (Å²) < 4.78 is 5.75. The van der Waals surface area contributed by atoms with Crippen LogP contribution in [0.5, 0.6) is 0 Å². The van der Waals surface area contributed by atoms with Gasteiger partial charge in [0.2, 0.25) is 0 Å². The predicted octanol–water partition coefficient (Wildman–Crippen LogP) is 1.49. The normalized spacial score (nSPS) is 37.4. The number of ether oxygens (including phenoxy) is 1. The van der Waals surface area contributed by atoms with Gasteiger partial charge in [0.1, 0.15) is 0 Å². The molecule has 3 nitrogen and oxygen atoms in total. The van der Waals surface area contributed by atoms with Crippen LogP contribution in [0.2, 0.25) is 0 Å². The standard InChI is InChI=1S/C14H26N2O/c1-2-4-12(5-3-1)13-10-15-6-7-16-8-9-17-11-14(13)16/h12-15H,1-11H2. The molecular weight excluding hydrogens is 212 g/mol. The number of fused-ring (bicyclic) bond motifs is 1. The largest absolute Gasteiger partial charge is 0.378 e. The van der Waals surface area contributed by atoms with Crippen molar-refractivity contribution in [1.29, 1.82) is 0 Å². The minimum atomic E-state index is 0.696. The highest BCUT2D eigenvalue weighted by Gasteiger charge is 2.36. The zero-order valence-electron chi connectivity index (χ0n) is 10.9. The number of hydrogen-bond donors (Lipinski definition) is 1. The molecule has 3 rings (SSSR count). The lowest BCUT2D eigenvalue weighted by Gasteiger charge is -2.42. The molecule has 1 saturated carbocycles. The Bertz CT molecular complexity index is 240. The lowest BCUT2D eigenvalue weighted by atomic mass is 9.76. The van der Waals surface area contributed by atoms with E-state index in [0.717, 1.165) is 31.6 Å². The van der Waals surface area contributed by atoms with E-state index in [1.165, 1.54) is 51.7 Å². The van der Waals surface area contributed by atoms with Crippen molar-refractivity contribution in [1.82, 2.24) is 10.2 Å². The van der Waals surface area contributed by atoms with E-state index in [4.69, 9.17) is 4.74 Å². The molecule has 2 atom stereocenters. The first kappa shape index (κ1) is 11.9. The van der Waals surface area contributed by atoms with Gasteiger partial charge >= 0.3 is 0 Å². The summed E-state index contributed by atoms with van der Waals surface area (Å²) in [5.74, 6) is 1.78. The first-order valence-corrected chi connectivity index (χ1v) is 7.47. The third-order valence-electron chi connectivity index (χ3n) is 4.99. The molecule has 2 saturated heterocycles. The Morgan fingerprint density at radius 2 is 1.94 bits per heavy atom. The first-order chi connectivity index (χ1) is 8.45. The van der Waals surface area contributed by atoms with E-state index in [0.29, 0.717) is 6.04 Å². The highest BCUT2D eigenvalue weighted by Crippen LogP contribution is 2.34. The fraction of sp³-hybridized carbons (Fsp3) is 1.00. The van der Waals surface area contributed by atoms with Crippen LogP contribution in [0, 0.1) is 11.8 Å². The number of hydrogen-bond acceptors (Lipinski definition) is 3. The molecule has 3 heteroatoms. The van der Waals surface area contributed by atoms with Crippen molar-refractivity contribution < 1.29 is 4.74 Å². The second kappa shape index (κ2) is 5.68.